The van der Waals surface area contributed by atoms with Gasteiger partial charge < -0.3 is 81.6 Å². The van der Waals surface area contributed by atoms with Crippen molar-refractivity contribution in [1.82, 2.24) is 63.1 Å². The van der Waals surface area contributed by atoms with E-state index in [0.29, 0.717) is 0 Å². The van der Waals surface area contributed by atoms with Gasteiger partial charge in [0.1, 0.15) is 73.6 Å². The molecule has 0 saturated carbocycles. The van der Waals surface area contributed by atoms with Gasteiger partial charge in [-0.05, 0) is 86.1 Å². The smallest absolute Gasteiger partial charge is 0.308 e. The molecule has 0 aliphatic heterocycles. The van der Waals surface area contributed by atoms with Gasteiger partial charge in [-0.3, -0.25) is 86.7 Å². The van der Waals surface area contributed by atoms with Gasteiger partial charge in [0, 0.05) is 37.0 Å². The highest BCUT2D eigenvalue weighted by atomic mass is 19.1. The van der Waals surface area contributed by atoms with Crippen LogP contribution in [0.25, 0.3) is 21.8 Å². The van der Waals surface area contributed by atoms with E-state index in [2.05, 4.69) is 106 Å². The normalized spacial score (nSPS) is 13.0. The first-order chi connectivity index (χ1) is 56.6. The van der Waals surface area contributed by atoms with Gasteiger partial charge in [0.05, 0.1) is 65.2 Å². The zero-order chi connectivity index (χ0) is 90.2. The van der Waals surface area contributed by atoms with Gasteiger partial charge >= 0.3 is 23.9 Å². The molecule has 0 aliphatic rings. The predicted molar refractivity (Wildman–Crippen MR) is 439 cm³/mol. The molecule has 0 fully saturated rings. The van der Waals surface area contributed by atoms with Crippen molar-refractivity contribution >= 4 is 116 Å². The van der Waals surface area contributed by atoms with Crippen molar-refractivity contribution in [3.63, 3.8) is 0 Å². The second kappa shape index (κ2) is 54.2. The van der Waals surface area contributed by atoms with Crippen LogP contribution >= 0.6 is 0 Å². The molecule has 0 spiro atoms. The van der Waals surface area contributed by atoms with Crippen LogP contribution in [0.1, 0.15) is 124 Å². The third-order valence-corrected chi connectivity index (χ3v) is 17.3. The quantitative estimate of drug-likeness (QED) is 0.0132. The van der Waals surface area contributed by atoms with E-state index in [-0.39, 0.29) is 14.9 Å². The SMILES string of the molecule is C.C.COC(=O)C[C@H](NC(=O)[C@H](C)NC(=O)[C@@H](NC(=O)[C@H](CC(=O)OC)NC(=O)[C@@H](NC(C)=O)C(C)C)C(C)C)C(=O)COc1c(F)cccc1F.COC(=O)C[C@H](NC(=O)[C@H](C)NC(=O)[C@@H](NC(=O)[C@H](CC(=O)OC)NC(=O)[C@@H](NC(C)=O)C(C)C)C(C)C)C(=O)COc1c(F)cccc1F.c1ccc2ncccc2c1.c1ccc2ncccc2c1. The summed E-state index contributed by atoms with van der Waals surface area (Å²) in [6.07, 6.45) is 1.02. The van der Waals surface area contributed by atoms with Crippen LogP contribution in [0.5, 0.6) is 11.5 Å². The maximum atomic E-state index is 13.9. The number of carbonyl (C=O) groups excluding carboxylic acids is 16. The molecule has 0 unspecified atom stereocenters. The molecule has 0 radical (unpaired) electrons. The number of aromatic nitrogens is 2. The average Bonchev–Trinajstić information content (AvgIpc) is 0.873. The van der Waals surface area contributed by atoms with Crippen LogP contribution in [0.3, 0.4) is 0 Å². The first-order valence-electron chi connectivity index (χ1n) is 37.6. The maximum absolute atomic E-state index is 13.9. The summed E-state index contributed by atoms with van der Waals surface area (Å²) < 4.78 is 84.1. The van der Waals surface area contributed by atoms with E-state index in [1.807, 2.05) is 60.9 Å². The monoisotopic (exact) mass is 1720 g/mol. The number of halogens is 4. The van der Waals surface area contributed by atoms with E-state index < -0.39 is 252 Å². The molecule has 4 aromatic carbocycles. The number of hydrogen-bond donors (Lipinski definition) is 10. The largest absolute Gasteiger partial charge is 0.480 e. The molecule has 10 atom stereocenters. The molecule has 0 aliphatic carbocycles. The standard InChI is InChI=1S/2C32H45F2N5O11.2C9H7N.2CH4/c2*1-15(2)26(36-18(6)40)32(47)38-22(13-25(43)49-8)30(45)39-27(16(3)4)31(46)35-17(5)29(44)37-21(12-24(42)48-7)23(41)14-50-28-19(33)10-9-11-20(28)34;2*1-2-6-9-8(4-1)5-3-7-10-9;;/h2*9-11,15-17,21-22,26-27H,12-14H2,1-8H3,(H,35,46)(H,36,40)(H,37,44)(H,38,47)(H,39,45);2*1-7H;2*1H4/t2*17-,21-,22-,26-,27-;;;;/m00..../s1. The Bertz CT molecular complexity index is 4100. The van der Waals surface area contributed by atoms with Crippen molar-refractivity contribution in [2.75, 3.05) is 41.7 Å². The Kier molecular flexibility index (Phi) is 47.5. The lowest BCUT2D eigenvalue weighted by atomic mass is 10.0. The van der Waals surface area contributed by atoms with E-state index in [1.165, 1.54) is 38.5 Å². The lowest BCUT2D eigenvalue weighted by Crippen LogP contribution is -2.60. The van der Waals surface area contributed by atoms with Crippen LogP contribution in [0.15, 0.2) is 122 Å². The molecule has 2 heterocycles. The maximum Gasteiger partial charge on any atom is 0.308 e. The third-order valence-electron chi connectivity index (χ3n) is 17.3. The van der Waals surface area contributed by atoms with Crippen LogP contribution in [0, 0.1) is 46.9 Å². The average molecular weight is 1720 g/mol. The Balaban J connectivity index is 0.000000967. The lowest BCUT2D eigenvalue weighted by molar-refractivity contribution is -0.145. The van der Waals surface area contributed by atoms with Gasteiger partial charge in [0.2, 0.25) is 59.1 Å². The molecule has 0 bridgehead atoms. The van der Waals surface area contributed by atoms with Gasteiger partial charge in [0.25, 0.3) is 0 Å². The number of hydrogen-bond acceptors (Lipinski definition) is 24. The predicted octanol–water partition coefficient (Wildman–Crippen LogP) is 5.37. The second-order valence-electron chi connectivity index (χ2n) is 28.1. The van der Waals surface area contributed by atoms with Crippen molar-refractivity contribution in [1.29, 1.82) is 0 Å². The number of rotatable bonds is 38. The van der Waals surface area contributed by atoms with E-state index in [9.17, 15) is 94.3 Å². The number of carbonyl (C=O) groups is 16. The van der Waals surface area contributed by atoms with Crippen LogP contribution in [0.2, 0.25) is 0 Å². The van der Waals surface area contributed by atoms with Crippen LogP contribution < -0.4 is 62.6 Å². The van der Waals surface area contributed by atoms with Crippen LogP contribution in [0.4, 0.5) is 17.6 Å². The van der Waals surface area contributed by atoms with Gasteiger partial charge in [-0.2, -0.15) is 0 Å². The molecular formula is C84H112F4N12O22. The molecule has 34 nitrogen and oxygen atoms in total. The highest BCUT2D eigenvalue weighted by molar-refractivity contribution is 6.01. The number of benzene rings is 4. The zero-order valence-electron chi connectivity index (χ0n) is 69.3. The van der Waals surface area contributed by atoms with Crippen LogP contribution in [-0.2, 0) is 95.7 Å². The van der Waals surface area contributed by atoms with Crippen molar-refractivity contribution < 1.29 is 123 Å². The molecule has 6 aromatic rings. The molecule has 10 amide bonds. The first-order valence-corrected chi connectivity index (χ1v) is 37.6. The number of fused-ring (bicyclic) bond motifs is 2. The number of ketones is 2. The summed E-state index contributed by atoms with van der Waals surface area (Å²) in [5.41, 5.74) is 2.12. The number of Topliss-reactive ketones (excluding diaryl/α,β-unsaturated/α-hetero) is 2. The zero-order valence-corrected chi connectivity index (χ0v) is 69.3. The van der Waals surface area contributed by atoms with E-state index in [1.54, 1.807) is 55.4 Å². The Morgan fingerprint density at radius 1 is 0.311 bits per heavy atom. The number of methoxy groups -OCH3 is 4. The minimum Gasteiger partial charge on any atom is -0.480 e. The fourth-order valence-corrected chi connectivity index (χ4v) is 10.6. The molecule has 38 heteroatoms. The fraction of sp³-hybridized carbons (Fsp3) is 0.452. The van der Waals surface area contributed by atoms with Crippen molar-refractivity contribution in [3.05, 3.63) is 145 Å². The minimum absolute atomic E-state index is 0. The third kappa shape index (κ3) is 36.7. The summed E-state index contributed by atoms with van der Waals surface area (Å²) in [5, 5.41) is 26.4. The van der Waals surface area contributed by atoms with Crippen molar-refractivity contribution in [3.8, 4) is 11.5 Å². The highest BCUT2D eigenvalue weighted by Crippen LogP contribution is 2.23. The summed E-state index contributed by atoms with van der Waals surface area (Å²) >= 11 is 0. The highest BCUT2D eigenvalue weighted by Gasteiger charge is 2.38. The number of para-hydroxylation sites is 4. The Morgan fingerprint density at radius 2 is 0.566 bits per heavy atom. The number of amides is 10. The topological polar surface area (TPSA) is 475 Å². The molecule has 668 valence electrons. The molecule has 10 N–H and O–H groups in total. The Hall–Kier alpha value is -13.1. The van der Waals surface area contributed by atoms with Gasteiger partial charge in [-0.15, -0.1) is 0 Å². The van der Waals surface area contributed by atoms with Gasteiger partial charge in [-0.1, -0.05) is 131 Å². The van der Waals surface area contributed by atoms with E-state index >= 15 is 0 Å². The molecular weight excluding hydrogens is 1600 g/mol. The van der Waals surface area contributed by atoms with E-state index in [4.69, 9.17) is 9.47 Å². The van der Waals surface area contributed by atoms with E-state index in [0.717, 1.165) is 75.9 Å². The molecule has 0 saturated heterocycles. The first kappa shape index (κ1) is 107. The number of ether oxygens (including phenoxy) is 6. The summed E-state index contributed by atoms with van der Waals surface area (Å²) in [7, 11) is 4.21. The molecule has 6 rings (SSSR count). The summed E-state index contributed by atoms with van der Waals surface area (Å²) in [6.45, 7) is 15.9. The summed E-state index contributed by atoms with van der Waals surface area (Å²) in [5.74, 6) is -21.6. The lowest BCUT2D eigenvalue weighted by Gasteiger charge is -2.28. The minimum atomic E-state index is -1.58. The second-order valence-corrected chi connectivity index (χ2v) is 28.1. The summed E-state index contributed by atoms with van der Waals surface area (Å²) in [4.78, 5) is 211. The fourth-order valence-electron chi connectivity index (χ4n) is 10.6. The number of pyridine rings is 2. The van der Waals surface area contributed by atoms with Gasteiger partial charge in [-0.25, -0.2) is 17.6 Å². The Labute approximate surface area is 705 Å². The molecule has 2 aromatic heterocycles. The summed E-state index contributed by atoms with van der Waals surface area (Å²) in [6, 6.07) is 16.3. The number of nitrogens with one attached hydrogen (secondary N) is 10. The van der Waals surface area contributed by atoms with Crippen molar-refractivity contribution in [2.24, 2.45) is 23.7 Å². The Morgan fingerprint density at radius 3 is 0.836 bits per heavy atom. The molecule has 122 heavy (non-hydrogen) atoms. The number of nitrogens with zero attached hydrogens (tertiary/aromatic N) is 2. The number of esters is 4. The van der Waals surface area contributed by atoms with Gasteiger partial charge in [0.15, 0.2) is 46.3 Å². The van der Waals surface area contributed by atoms with Crippen molar-refractivity contribution in [2.45, 2.75) is 184 Å². The van der Waals surface area contributed by atoms with Crippen LogP contribution in [-0.4, -0.2) is 207 Å².